The monoisotopic (exact) mass is 624 g/mol. The third-order valence-electron chi connectivity index (χ3n) is 9.44. The van der Waals surface area contributed by atoms with Crippen molar-refractivity contribution in [2.24, 2.45) is 0 Å². The normalized spacial score (nSPS) is 21.3. The lowest BCUT2D eigenvalue weighted by atomic mass is 9.98. The second-order valence-corrected chi connectivity index (χ2v) is 13.6. The Morgan fingerprint density at radius 2 is 1.76 bits per heavy atom. The van der Waals surface area contributed by atoms with Gasteiger partial charge in [-0.1, -0.05) is 6.07 Å². The molecule has 12 heteroatoms. The lowest BCUT2D eigenvalue weighted by molar-refractivity contribution is -0.119. The van der Waals surface area contributed by atoms with Crippen molar-refractivity contribution in [3.8, 4) is 0 Å². The van der Waals surface area contributed by atoms with Crippen LogP contribution in [0.4, 0.5) is 14.0 Å². The van der Waals surface area contributed by atoms with Gasteiger partial charge in [-0.15, -0.1) is 0 Å². The summed E-state index contributed by atoms with van der Waals surface area (Å²) >= 11 is 0. The molecule has 2 fully saturated rings. The molecule has 1 aromatic carbocycles. The number of urea groups is 1. The van der Waals surface area contributed by atoms with Crippen LogP contribution in [0.5, 0.6) is 0 Å². The van der Waals surface area contributed by atoms with Crippen molar-refractivity contribution in [3.05, 3.63) is 71.6 Å². The highest BCUT2D eigenvalue weighted by molar-refractivity contribution is 6.51. The predicted octanol–water partition coefficient (Wildman–Crippen LogP) is 4.51. The molecule has 8 rings (SSSR count). The molecule has 0 spiro atoms. The molecule has 0 radical (unpaired) electrons. The first-order chi connectivity index (χ1) is 22.0. The van der Waals surface area contributed by atoms with Gasteiger partial charge < -0.3 is 24.0 Å². The number of ketones is 2. The van der Waals surface area contributed by atoms with Crippen LogP contribution in [0, 0.1) is 5.82 Å². The van der Waals surface area contributed by atoms with Crippen molar-refractivity contribution in [2.75, 3.05) is 19.6 Å². The smallest absolute Gasteiger partial charge is 0.410 e. The largest absolute Gasteiger partial charge is 0.444 e. The molecule has 6 heterocycles. The first kappa shape index (κ1) is 28.5. The van der Waals surface area contributed by atoms with E-state index < -0.39 is 11.4 Å². The Morgan fingerprint density at radius 1 is 1.00 bits per heavy atom. The number of hydrogen-bond acceptors (Lipinski definition) is 6. The summed E-state index contributed by atoms with van der Waals surface area (Å²) in [5.41, 5.74) is 3.00. The number of rotatable bonds is 2. The number of amides is 3. The number of piperazine rings is 1. The first-order valence-corrected chi connectivity index (χ1v) is 15.6. The van der Waals surface area contributed by atoms with E-state index in [2.05, 4.69) is 4.98 Å². The van der Waals surface area contributed by atoms with Crippen LogP contribution in [-0.2, 0) is 27.4 Å². The molecule has 3 amide bonds. The van der Waals surface area contributed by atoms with E-state index in [1.165, 1.54) is 12.1 Å². The van der Waals surface area contributed by atoms with Gasteiger partial charge >= 0.3 is 12.1 Å². The first-order valence-electron chi connectivity index (χ1n) is 15.6. The Balaban J connectivity index is 1.11. The van der Waals surface area contributed by atoms with Gasteiger partial charge in [-0.3, -0.25) is 14.0 Å². The number of pyridine rings is 1. The number of ether oxygens (including phenoxy) is 1. The fraction of sp³-hybridized carbons (Fsp3) is 0.382. The Bertz CT molecular complexity index is 2040. The molecule has 4 aliphatic rings. The number of Topliss-reactive ketones (excluding diaryl/α,β-unsaturated/α-hetero) is 2. The van der Waals surface area contributed by atoms with Crippen molar-refractivity contribution in [1.29, 1.82) is 0 Å². The van der Waals surface area contributed by atoms with Crippen LogP contribution in [0.1, 0.15) is 50.4 Å². The topological polar surface area (TPSA) is 109 Å². The number of likely N-dealkylation sites (tertiary alicyclic amines) is 2. The van der Waals surface area contributed by atoms with Gasteiger partial charge in [0.1, 0.15) is 17.1 Å². The number of nitrogens with zero attached hydrogens (tertiary/aromatic N) is 6. The molecule has 3 aromatic heterocycles. The van der Waals surface area contributed by atoms with E-state index in [9.17, 15) is 19.2 Å². The van der Waals surface area contributed by atoms with Gasteiger partial charge in [-0.05, 0) is 57.0 Å². The van der Waals surface area contributed by atoms with E-state index >= 15 is 4.39 Å². The number of carbonyl (C=O) groups is 4. The maximum absolute atomic E-state index is 15.3. The lowest BCUT2D eigenvalue weighted by Gasteiger charge is -2.37. The molecule has 46 heavy (non-hydrogen) atoms. The van der Waals surface area contributed by atoms with Gasteiger partial charge in [0.05, 0.1) is 41.5 Å². The zero-order valence-corrected chi connectivity index (χ0v) is 25.8. The van der Waals surface area contributed by atoms with E-state index in [1.807, 2.05) is 54.6 Å². The van der Waals surface area contributed by atoms with E-state index in [1.54, 1.807) is 26.6 Å². The minimum Gasteiger partial charge on any atom is -0.444 e. The molecule has 2 unspecified atom stereocenters. The molecular weight excluding hydrogens is 591 g/mol. The van der Waals surface area contributed by atoms with Crippen LogP contribution in [0.3, 0.4) is 0 Å². The minimum atomic E-state index is -0.597. The fourth-order valence-electron chi connectivity index (χ4n) is 7.56. The lowest BCUT2D eigenvalue weighted by Crippen LogP contribution is -2.54. The van der Waals surface area contributed by atoms with E-state index in [0.717, 1.165) is 5.52 Å². The van der Waals surface area contributed by atoms with Gasteiger partial charge in [-0.2, -0.15) is 0 Å². The standard InChI is InChI=1S/C34H33FN6O5/c1-34(2,3)46-33(45)41-17-21-12-22(41)16-40(21)32(44)38-9-8-37-18-24(23-11-20(35)10-19(15-38)31(23)37)29-26(42)13-27(43)30(29)25-14-36-28-6-4-5-7-39(25)28/h4-7,10-11,14,18,21-22H,8-9,12-13,15-17H2,1-3H3. The Labute approximate surface area is 263 Å². The van der Waals surface area contributed by atoms with Gasteiger partial charge in [0.15, 0.2) is 11.6 Å². The van der Waals surface area contributed by atoms with E-state index in [4.69, 9.17) is 4.74 Å². The molecular formula is C34H33FN6O5. The van der Waals surface area contributed by atoms with Crippen LogP contribution in [0.2, 0.25) is 0 Å². The zero-order valence-electron chi connectivity index (χ0n) is 25.8. The number of halogens is 1. The third-order valence-corrected chi connectivity index (χ3v) is 9.44. The maximum Gasteiger partial charge on any atom is 0.410 e. The average Bonchev–Trinajstić information content (AvgIpc) is 3.80. The second-order valence-electron chi connectivity index (χ2n) is 13.6. The quantitative estimate of drug-likeness (QED) is 0.304. The van der Waals surface area contributed by atoms with Crippen LogP contribution < -0.4 is 0 Å². The van der Waals surface area contributed by atoms with Gasteiger partial charge in [0, 0.05) is 61.6 Å². The molecule has 0 N–H and O–H groups in total. The highest BCUT2D eigenvalue weighted by Gasteiger charge is 2.49. The number of imidazole rings is 1. The molecule has 2 bridgehead atoms. The number of benzene rings is 1. The summed E-state index contributed by atoms with van der Waals surface area (Å²) in [7, 11) is 0. The van der Waals surface area contributed by atoms with E-state index in [-0.39, 0.29) is 59.9 Å². The highest BCUT2D eigenvalue weighted by Crippen LogP contribution is 2.41. The number of carbonyl (C=O) groups excluding carboxylic acids is 4. The molecule has 4 aromatic rings. The summed E-state index contributed by atoms with van der Waals surface area (Å²) in [5, 5.41) is 0.530. The molecule has 2 saturated heterocycles. The molecule has 3 aliphatic heterocycles. The van der Waals surface area contributed by atoms with Crippen molar-refractivity contribution < 1.29 is 28.3 Å². The summed E-state index contributed by atoms with van der Waals surface area (Å²) in [4.78, 5) is 63.0. The molecule has 2 atom stereocenters. The van der Waals surface area contributed by atoms with Gasteiger partial charge in [0.2, 0.25) is 0 Å². The molecule has 0 saturated carbocycles. The zero-order chi connectivity index (χ0) is 32.1. The molecule has 1 aliphatic carbocycles. The molecule has 11 nitrogen and oxygen atoms in total. The van der Waals surface area contributed by atoms with Crippen molar-refractivity contribution in [1.82, 2.24) is 28.7 Å². The van der Waals surface area contributed by atoms with Gasteiger partial charge in [0.25, 0.3) is 0 Å². The van der Waals surface area contributed by atoms with Crippen molar-refractivity contribution in [2.45, 2.75) is 64.4 Å². The summed E-state index contributed by atoms with van der Waals surface area (Å²) in [5.74, 6) is -1.09. The number of hydrogen-bond donors (Lipinski definition) is 0. The van der Waals surface area contributed by atoms with Crippen molar-refractivity contribution in [3.63, 3.8) is 0 Å². The highest BCUT2D eigenvalue weighted by atomic mass is 19.1. The maximum atomic E-state index is 15.3. The molecule has 236 valence electrons. The summed E-state index contributed by atoms with van der Waals surface area (Å²) < 4.78 is 24.6. The predicted molar refractivity (Wildman–Crippen MR) is 166 cm³/mol. The Morgan fingerprint density at radius 3 is 2.52 bits per heavy atom. The summed E-state index contributed by atoms with van der Waals surface area (Å²) in [6.45, 7) is 7.32. The average molecular weight is 625 g/mol. The summed E-state index contributed by atoms with van der Waals surface area (Å²) in [6, 6.07) is 7.99. The van der Waals surface area contributed by atoms with E-state index in [0.29, 0.717) is 60.5 Å². The SMILES string of the molecule is CC(C)(C)OC(=O)N1CC2CC1CN2C(=O)N1CCn2cc(C3=C(c4cnc5ccccn45)C(=O)CC3=O)c3cc(F)cc(c32)C1. The minimum absolute atomic E-state index is 0.102. The summed E-state index contributed by atoms with van der Waals surface area (Å²) in [6.07, 6.45) is 5.28. The van der Waals surface area contributed by atoms with Crippen LogP contribution >= 0.6 is 0 Å². The third kappa shape index (κ3) is 4.41. The number of allylic oxidation sites excluding steroid dienone is 2. The second kappa shape index (κ2) is 10.0. The number of fused-ring (bicyclic) bond motifs is 3. The Kier molecular flexibility index (Phi) is 6.19. The van der Waals surface area contributed by atoms with Crippen molar-refractivity contribution >= 4 is 51.4 Å². The Hall–Kier alpha value is -5.00. The van der Waals surface area contributed by atoms with Crippen LogP contribution in [0.25, 0.3) is 27.7 Å². The van der Waals surface area contributed by atoms with Crippen LogP contribution in [0.15, 0.2) is 48.9 Å². The number of aromatic nitrogens is 3. The fourth-order valence-corrected chi connectivity index (χ4v) is 7.56. The van der Waals surface area contributed by atoms with Crippen LogP contribution in [-0.4, -0.2) is 89.7 Å². The van der Waals surface area contributed by atoms with Gasteiger partial charge in [-0.25, -0.2) is 19.0 Å².